The van der Waals surface area contributed by atoms with Crippen molar-refractivity contribution in [3.05, 3.63) is 42.0 Å². The molecule has 3 aliphatic rings. The summed E-state index contributed by atoms with van der Waals surface area (Å²) in [6, 6.07) is 10.9. The fourth-order valence-electron chi connectivity index (χ4n) is 5.69. The molecule has 3 fully saturated rings. The van der Waals surface area contributed by atoms with Gasteiger partial charge in [0.2, 0.25) is 0 Å². The average molecular weight is 439 g/mol. The lowest BCUT2D eigenvalue weighted by Gasteiger charge is -2.27. The highest BCUT2D eigenvalue weighted by Gasteiger charge is 2.41. The number of hydrogen-bond acceptors (Lipinski definition) is 6. The van der Waals surface area contributed by atoms with E-state index in [2.05, 4.69) is 20.4 Å². The van der Waals surface area contributed by atoms with Crippen LogP contribution in [-0.2, 0) is 4.74 Å². The van der Waals surface area contributed by atoms with Crippen LogP contribution in [0.25, 0.3) is 11.3 Å². The Morgan fingerprint density at radius 1 is 1.12 bits per heavy atom. The fourth-order valence-corrected chi connectivity index (χ4v) is 5.69. The van der Waals surface area contributed by atoms with Gasteiger partial charge in [-0.3, -0.25) is 4.79 Å². The Morgan fingerprint density at radius 3 is 2.62 bits per heavy atom. The van der Waals surface area contributed by atoms with Crippen LogP contribution in [-0.4, -0.2) is 66.9 Å². The maximum absolute atomic E-state index is 12.4. The van der Waals surface area contributed by atoms with Gasteiger partial charge in [0, 0.05) is 61.1 Å². The van der Waals surface area contributed by atoms with Crippen LogP contribution in [0.5, 0.6) is 0 Å². The summed E-state index contributed by atoms with van der Waals surface area (Å²) < 4.78 is 27.4. The molecule has 1 unspecified atom stereocenters. The molecule has 1 amide bonds. The molecule has 3 heterocycles. The van der Waals surface area contributed by atoms with Gasteiger partial charge in [0.05, 0.1) is 5.69 Å². The Labute approximate surface area is 194 Å². The van der Waals surface area contributed by atoms with Crippen molar-refractivity contribution in [3.8, 4) is 11.3 Å². The Hall–Kier alpha value is -2.51. The first-order valence-corrected chi connectivity index (χ1v) is 11.7. The summed E-state index contributed by atoms with van der Waals surface area (Å²) in [6.07, 6.45) is 4.69. The van der Waals surface area contributed by atoms with E-state index in [9.17, 15) is 4.79 Å². The summed E-state index contributed by atoms with van der Waals surface area (Å²) in [6.45, 7) is 2.88. The van der Waals surface area contributed by atoms with E-state index in [4.69, 9.17) is 8.85 Å². The first-order chi connectivity index (χ1) is 16.8. The quantitative estimate of drug-likeness (QED) is 0.722. The van der Waals surface area contributed by atoms with Gasteiger partial charge in [-0.25, -0.2) is 0 Å². The number of rotatable bonds is 6. The molecule has 2 N–H and O–H groups in total. The largest absolute Gasteiger partial charge is 0.381 e. The molecule has 0 radical (unpaired) electrons. The third kappa shape index (κ3) is 4.64. The van der Waals surface area contributed by atoms with E-state index in [0.717, 1.165) is 49.6 Å². The maximum atomic E-state index is 12.4. The van der Waals surface area contributed by atoms with Gasteiger partial charge >= 0.3 is 0 Å². The van der Waals surface area contributed by atoms with Gasteiger partial charge in [-0.1, -0.05) is 18.2 Å². The topological polar surface area (TPSA) is 79.4 Å². The number of hydrogen-bond donors (Lipinski definition) is 2. The number of aromatic nitrogens is 2. The van der Waals surface area contributed by atoms with Crippen molar-refractivity contribution in [1.29, 1.82) is 0 Å². The van der Waals surface area contributed by atoms with Crippen LogP contribution in [0.15, 0.2) is 36.4 Å². The molecule has 3 atom stereocenters. The van der Waals surface area contributed by atoms with Crippen LogP contribution < -0.4 is 10.6 Å². The number of nitrogens with one attached hydrogen (secondary N) is 2. The van der Waals surface area contributed by atoms with Crippen molar-refractivity contribution in [2.75, 3.05) is 45.1 Å². The van der Waals surface area contributed by atoms with Gasteiger partial charge < -0.3 is 20.3 Å². The molecule has 0 spiro atoms. The molecule has 1 aliphatic carbocycles. The second kappa shape index (κ2) is 9.55. The monoisotopic (exact) mass is 438 g/mol. The fraction of sp³-hybridized carbons (Fsp3) is 0.560. The summed E-state index contributed by atoms with van der Waals surface area (Å²) in [7, 11) is 0. The molecule has 2 saturated heterocycles. The molecular weight excluding hydrogens is 402 g/mol. The lowest BCUT2D eigenvalue weighted by Crippen LogP contribution is -2.32. The number of anilines is 1. The first-order valence-electron chi connectivity index (χ1n) is 13.2. The summed E-state index contributed by atoms with van der Waals surface area (Å²) >= 11 is 0. The van der Waals surface area contributed by atoms with Gasteiger partial charge in [-0.15, -0.1) is 10.2 Å². The molecule has 32 heavy (non-hydrogen) atoms. The molecule has 1 aromatic carbocycles. The van der Waals surface area contributed by atoms with Crippen molar-refractivity contribution in [2.24, 2.45) is 17.8 Å². The van der Waals surface area contributed by atoms with Crippen molar-refractivity contribution in [2.45, 2.75) is 31.7 Å². The van der Waals surface area contributed by atoms with Gasteiger partial charge in [-0.2, -0.15) is 0 Å². The minimum atomic E-state index is -2.55. The number of ether oxygens (including phenoxy) is 1. The molecule has 7 nitrogen and oxygen atoms in total. The molecule has 7 heteroatoms. The van der Waals surface area contributed by atoms with Crippen LogP contribution in [0.1, 0.15) is 40.2 Å². The van der Waals surface area contributed by atoms with E-state index in [0.29, 0.717) is 17.3 Å². The molecule has 5 rings (SSSR count). The van der Waals surface area contributed by atoms with Gasteiger partial charge in [0.1, 0.15) is 5.82 Å². The maximum Gasteiger partial charge on any atom is 0.251 e. The van der Waals surface area contributed by atoms with Crippen LogP contribution in [0.4, 0.5) is 5.82 Å². The van der Waals surface area contributed by atoms with Gasteiger partial charge in [0.25, 0.3) is 5.91 Å². The smallest absolute Gasteiger partial charge is 0.251 e. The van der Waals surface area contributed by atoms with Crippen LogP contribution in [0.2, 0.25) is 0 Å². The van der Waals surface area contributed by atoms with Crippen molar-refractivity contribution >= 4 is 11.7 Å². The van der Waals surface area contributed by atoms with Crippen molar-refractivity contribution in [3.63, 3.8) is 0 Å². The van der Waals surface area contributed by atoms with E-state index in [1.165, 1.54) is 32.5 Å². The lowest BCUT2D eigenvalue weighted by molar-refractivity contribution is 0.0545. The number of amides is 1. The van der Waals surface area contributed by atoms with E-state index in [1.54, 1.807) is 24.3 Å². The predicted octanol–water partition coefficient (Wildman–Crippen LogP) is 3.05. The highest BCUT2D eigenvalue weighted by atomic mass is 16.5. The molecular formula is C25H33N5O2. The number of carbonyl (C=O) groups excluding carboxylic acids is 1. The molecule has 1 aromatic heterocycles. The highest BCUT2D eigenvalue weighted by Crippen LogP contribution is 2.39. The Bertz CT molecular complexity index is 1010. The Balaban J connectivity index is 1.16. The molecule has 2 aliphatic heterocycles. The molecule has 170 valence electrons. The normalized spacial score (nSPS) is 27.9. The molecule has 0 bridgehead atoms. The zero-order valence-corrected chi connectivity index (χ0v) is 18.3. The zero-order chi connectivity index (χ0) is 24.4. The Morgan fingerprint density at radius 2 is 1.91 bits per heavy atom. The number of carbonyl (C=O) groups is 1. The number of fused-ring (bicyclic) bond motifs is 1. The van der Waals surface area contributed by atoms with Crippen LogP contribution in [0, 0.1) is 17.8 Å². The third-order valence-electron chi connectivity index (χ3n) is 7.26. The first kappa shape index (κ1) is 18.0. The van der Waals surface area contributed by atoms with Crippen molar-refractivity contribution < 1.29 is 13.6 Å². The van der Waals surface area contributed by atoms with Crippen molar-refractivity contribution in [1.82, 2.24) is 20.4 Å². The Kier molecular flexibility index (Phi) is 5.36. The number of nitrogens with zero attached hydrogens (tertiary/aromatic N) is 3. The minimum absolute atomic E-state index is 0.257. The lowest BCUT2D eigenvalue weighted by atomic mass is 10.00. The van der Waals surface area contributed by atoms with E-state index >= 15 is 0 Å². The molecule has 2 aromatic rings. The third-order valence-corrected chi connectivity index (χ3v) is 7.26. The highest BCUT2D eigenvalue weighted by molar-refractivity contribution is 6.00. The van der Waals surface area contributed by atoms with Gasteiger partial charge in [0.15, 0.2) is 0 Å². The summed E-state index contributed by atoms with van der Waals surface area (Å²) in [5, 5.41) is 14.3. The van der Waals surface area contributed by atoms with Crippen LogP contribution in [0.3, 0.4) is 0 Å². The van der Waals surface area contributed by atoms with Crippen LogP contribution >= 0.6 is 0 Å². The second-order valence-electron chi connectivity index (χ2n) is 9.41. The minimum Gasteiger partial charge on any atom is -0.381 e. The SMILES string of the molecule is [2H]C([2H])([2H])NC(=O)c1ccccc1-c1ccc(NC2C[C@@H]3CN(CC4CCOCC4)C[C@@H]3C2)nn1. The number of benzene rings is 1. The van der Waals surface area contributed by atoms with E-state index in [-0.39, 0.29) is 5.56 Å². The predicted molar refractivity (Wildman–Crippen MR) is 124 cm³/mol. The number of likely N-dealkylation sites (tertiary alicyclic amines) is 1. The van der Waals surface area contributed by atoms with E-state index < -0.39 is 12.9 Å². The van der Waals surface area contributed by atoms with E-state index in [1.807, 2.05) is 17.4 Å². The standard InChI is InChI=1S/C25H33N5O2/c1-26-25(31)22-5-3-2-4-21(22)23-6-7-24(29-28-23)27-20-12-18-15-30(16-19(18)13-20)14-17-8-10-32-11-9-17/h2-7,17-20H,8-16H2,1H3,(H,26,31)(H,27,29)/t18-,19+,20?/i1D3. The summed E-state index contributed by atoms with van der Waals surface area (Å²) in [5.41, 5.74) is 1.33. The summed E-state index contributed by atoms with van der Waals surface area (Å²) in [4.78, 5) is 15.1. The zero-order valence-electron chi connectivity index (χ0n) is 21.3. The van der Waals surface area contributed by atoms with Gasteiger partial charge in [-0.05, 0) is 61.6 Å². The average Bonchev–Trinajstić information content (AvgIpc) is 3.37. The second-order valence-corrected chi connectivity index (χ2v) is 9.41. The molecule has 1 saturated carbocycles. The summed E-state index contributed by atoms with van der Waals surface area (Å²) in [5.74, 6) is 2.33.